The molecule has 0 spiro atoms. The SMILES string of the molecule is Cc1c(F)cccc1C(=O)NC1CCCC1. The molecule has 2 rings (SSSR count). The molecule has 1 aromatic rings. The minimum absolute atomic E-state index is 0.149. The van der Waals surface area contributed by atoms with Crippen molar-refractivity contribution in [3.05, 3.63) is 35.1 Å². The van der Waals surface area contributed by atoms with Gasteiger partial charge in [0.1, 0.15) is 5.82 Å². The number of rotatable bonds is 2. The van der Waals surface area contributed by atoms with Crippen molar-refractivity contribution < 1.29 is 9.18 Å². The van der Waals surface area contributed by atoms with E-state index >= 15 is 0 Å². The van der Waals surface area contributed by atoms with Crippen molar-refractivity contribution in [2.75, 3.05) is 0 Å². The van der Waals surface area contributed by atoms with Crippen molar-refractivity contribution in [1.29, 1.82) is 0 Å². The molecule has 1 N–H and O–H groups in total. The molecule has 0 radical (unpaired) electrons. The number of nitrogens with one attached hydrogen (secondary N) is 1. The molecule has 1 aliphatic carbocycles. The molecular weight excluding hydrogens is 205 g/mol. The third-order valence-electron chi connectivity index (χ3n) is 3.20. The number of carbonyl (C=O) groups excluding carboxylic acids is 1. The number of benzene rings is 1. The van der Waals surface area contributed by atoms with Gasteiger partial charge in [-0.15, -0.1) is 0 Å². The van der Waals surface area contributed by atoms with E-state index in [2.05, 4.69) is 5.32 Å². The van der Waals surface area contributed by atoms with Crippen molar-refractivity contribution in [1.82, 2.24) is 5.32 Å². The molecule has 16 heavy (non-hydrogen) atoms. The molecule has 1 aromatic carbocycles. The Labute approximate surface area is 94.9 Å². The maximum Gasteiger partial charge on any atom is 0.251 e. The molecule has 0 heterocycles. The van der Waals surface area contributed by atoms with E-state index in [1.165, 1.54) is 18.9 Å². The van der Waals surface area contributed by atoms with Crippen LogP contribution in [0.1, 0.15) is 41.6 Å². The fourth-order valence-electron chi connectivity index (χ4n) is 2.19. The number of carbonyl (C=O) groups is 1. The zero-order valence-electron chi connectivity index (χ0n) is 9.42. The van der Waals surface area contributed by atoms with E-state index in [0.717, 1.165) is 12.8 Å². The lowest BCUT2D eigenvalue weighted by Crippen LogP contribution is -2.33. The molecule has 0 saturated heterocycles. The van der Waals surface area contributed by atoms with Gasteiger partial charge in [-0.05, 0) is 37.5 Å². The highest BCUT2D eigenvalue weighted by molar-refractivity contribution is 5.95. The first-order valence-electron chi connectivity index (χ1n) is 5.74. The minimum atomic E-state index is -0.320. The third-order valence-corrected chi connectivity index (χ3v) is 3.20. The predicted molar refractivity (Wildman–Crippen MR) is 60.9 cm³/mol. The summed E-state index contributed by atoms with van der Waals surface area (Å²) in [5.74, 6) is -0.469. The quantitative estimate of drug-likeness (QED) is 0.817. The summed E-state index contributed by atoms with van der Waals surface area (Å²) in [6.07, 6.45) is 4.43. The van der Waals surface area contributed by atoms with Crippen LogP contribution in [-0.2, 0) is 0 Å². The highest BCUT2D eigenvalue weighted by atomic mass is 19.1. The second kappa shape index (κ2) is 4.64. The van der Waals surface area contributed by atoms with Crippen LogP contribution in [0.4, 0.5) is 4.39 Å². The molecule has 86 valence electrons. The van der Waals surface area contributed by atoms with Crippen LogP contribution in [0, 0.1) is 12.7 Å². The van der Waals surface area contributed by atoms with Gasteiger partial charge in [-0.2, -0.15) is 0 Å². The van der Waals surface area contributed by atoms with Crippen LogP contribution in [0.5, 0.6) is 0 Å². The monoisotopic (exact) mass is 221 g/mol. The van der Waals surface area contributed by atoms with Crippen LogP contribution in [0.3, 0.4) is 0 Å². The van der Waals surface area contributed by atoms with Gasteiger partial charge in [-0.25, -0.2) is 4.39 Å². The first-order chi connectivity index (χ1) is 7.68. The second-order valence-electron chi connectivity index (χ2n) is 4.37. The van der Waals surface area contributed by atoms with Gasteiger partial charge in [0, 0.05) is 11.6 Å². The Morgan fingerprint density at radius 2 is 2.06 bits per heavy atom. The highest BCUT2D eigenvalue weighted by Gasteiger charge is 2.19. The summed E-state index contributed by atoms with van der Waals surface area (Å²) in [4.78, 5) is 11.9. The summed E-state index contributed by atoms with van der Waals surface area (Å²) in [5, 5.41) is 2.96. The standard InChI is InChI=1S/C13H16FNO/c1-9-11(7-4-8-12(9)14)13(16)15-10-5-2-3-6-10/h4,7-8,10H,2-3,5-6H2,1H3,(H,15,16). The second-order valence-corrected chi connectivity index (χ2v) is 4.37. The fourth-order valence-corrected chi connectivity index (χ4v) is 2.19. The van der Waals surface area contributed by atoms with Gasteiger partial charge in [-0.1, -0.05) is 18.9 Å². The summed E-state index contributed by atoms with van der Waals surface area (Å²) in [6, 6.07) is 4.89. The number of hydrogen-bond acceptors (Lipinski definition) is 1. The van der Waals surface area contributed by atoms with Crippen LogP contribution < -0.4 is 5.32 Å². The van der Waals surface area contributed by atoms with Crippen molar-refractivity contribution in [2.45, 2.75) is 38.6 Å². The fraction of sp³-hybridized carbons (Fsp3) is 0.462. The van der Waals surface area contributed by atoms with Crippen LogP contribution in [-0.4, -0.2) is 11.9 Å². The van der Waals surface area contributed by atoms with Crippen LogP contribution in [0.2, 0.25) is 0 Å². The van der Waals surface area contributed by atoms with E-state index < -0.39 is 0 Å². The van der Waals surface area contributed by atoms with Gasteiger partial charge < -0.3 is 5.32 Å². The largest absolute Gasteiger partial charge is 0.349 e. The number of halogens is 1. The molecule has 0 atom stereocenters. The van der Waals surface area contributed by atoms with Crippen molar-refractivity contribution >= 4 is 5.91 Å². The van der Waals surface area contributed by atoms with Crippen LogP contribution in [0.25, 0.3) is 0 Å². The summed E-state index contributed by atoms with van der Waals surface area (Å²) < 4.78 is 13.3. The van der Waals surface area contributed by atoms with E-state index in [0.29, 0.717) is 11.1 Å². The maximum absolute atomic E-state index is 13.3. The molecule has 1 aliphatic rings. The minimum Gasteiger partial charge on any atom is -0.349 e. The normalized spacial score (nSPS) is 16.4. The average Bonchev–Trinajstić information content (AvgIpc) is 2.74. The van der Waals surface area contributed by atoms with Crippen molar-refractivity contribution in [3.8, 4) is 0 Å². The lowest BCUT2D eigenvalue weighted by Gasteiger charge is -2.13. The maximum atomic E-state index is 13.3. The van der Waals surface area contributed by atoms with Gasteiger partial charge in [0.2, 0.25) is 0 Å². The molecule has 2 nitrogen and oxygen atoms in total. The van der Waals surface area contributed by atoms with Crippen molar-refractivity contribution in [3.63, 3.8) is 0 Å². The average molecular weight is 221 g/mol. The summed E-state index contributed by atoms with van der Waals surface area (Å²) in [5.41, 5.74) is 0.880. The smallest absolute Gasteiger partial charge is 0.251 e. The molecule has 1 amide bonds. The van der Waals surface area contributed by atoms with E-state index in [9.17, 15) is 9.18 Å². The molecule has 3 heteroatoms. The Kier molecular flexibility index (Phi) is 3.22. The van der Waals surface area contributed by atoms with Gasteiger partial charge in [0.05, 0.1) is 0 Å². The summed E-state index contributed by atoms with van der Waals surface area (Å²) >= 11 is 0. The molecule has 0 aromatic heterocycles. The highest BCUT2D eigenvalue weighted by Crippen LogP contribution is 2.19. The number of amides is 1. The molecule has 0 bridgehead atoms. The summed E-state index contributed by atoms with van der Waals surface area (Å²) in [7, 11) is 0. The van der Waals surface area contributed by atoms with Gasteiger partial charge in [0.15, 0.2) is 0 Å². The third kappa shape index (κ3) is 2.23. The van der Waals surface area contributed by atoms with Gasteiger partial charge in [0.25, 0.3) is 5.91 Å². The molecule has 1 fully saturated rings. The molecular formula is C13H16FNO. The van der Waals surface area contributed by atoms with Crippen LogP contribution >= 0.6 is 0 Å². The van der Waals surface area contributed by atoms with Crippen LogP contribution in [0.15, 0.2) is 18.2 Å². The topological polar surface area (TPSA) is 29.1 Å². The van der Waals surface area contributed by atoms with E-state index in [1.54, 1.807) is 19.1 Å². The first-order valence-corrected chi connectivity index (χ1v) is 5.74. The Balaban J connectivity index is 2.11. The lowest BCUT2D eigenvalue weighted by atomic mass is 10.1. The van der Waals surface area contributed by atoms with Crippen molar-refractivity contribution in [2.24, 2.45) is 0 Å². The Hall–Kier alpha value is -1.38. The molecule has 0 unspecified atom stereocenters. The Morgan fingerprint density at radius 3 is 2.75 bits per heavy atom. The lowest BCUT2D eigenvalue weighted by molar-refractivity contribution is 0.0936. The summed E-state index contributed by atoms with van der Waals surface area (Å²) in [6.45, 7) is 1.64. The molecule has 1 saturated carbocycles. The van der Waals surface area contributed by atoms with Gasteiger partial charge >= 0.3 is 0 Å². The first kappa shape index (κ1) is 11.1. The van der Waals surface area contributed by atoms with E-state index in [1.807, 2.05) is 0 Å². The van der Waals surface area contributed by atoms with E-state index in [4.69, 9.17) is 0 Å². The predicted octanol–water partition coefficient (Wildman–Crippen LogP) is 2.81. The number of hydrogen-bond donors (Lipinski definition) is 1. The zero-order valence-corrected chi connectivity index (χ0v) is 9.42. The molecule has 0 aliphatic heterocycles. The zero-order chi connectivity index (χ0) is 11.5. The Morgan fingerprint density at radius 1 is 1.38 bits per heavy atom. The van der Waals surface area contributed by atoms with Gasteiger partial charge in [-0.3, -0.25) is 4.79 Å². The Bertz CT molecular complexity index is 397. The van der Waals surface area contributed by atoms with E-state index in [-0.39, 0.29) is 17.8 Å².